The number of carboxylic acid groups (broad SMARTS) is 1. The van der Waals surface area contributed by atoms with Crippen molar-refractivity contribution in [1.29, 1.82) is 0 Å². The number of amides is 1. The van der Waals surface area contributed by atoms with Gasteiger partial charge in [-0.1, -0.05) is 19.9 Å². The minimum atomic E-state index is -1.12. The molecular formula is C13H13FN2O5. The summed E-state index contributed by atoms with van der Waals surface area (Å²) in [6, 6.07) is 3.20. The van der Waals surface area contributed by atoms with Crippen LogP contribution in [-0.2, 0) is 9.59 Å². The van der Waals surface area contributed by atoms with Gasteiger partial charge in [0.05, 0.1) is 16.8 Å². The number of benzene rings is 1. The molecule has 1 fully saturated rings. The number of carbonyl (C=O) groups is 2. The average Bonchev–Trinajstić information content (AvgIpc) is 2.94. The Morgan fingerprint density at radius 1 is 1.38 bits per heavy atom. The molecule has 0 bridgehead atoms. The fourth-order valence-corrected chi connectivity index (χ4v) is 2.58. The number of rotatable bonds is 4. The van der Waals surface area contributed by atoms with Crippen LogP contribution in [0.1, 0.15) is 13.8 Å². The molecule has 1 amide bonds. The molecule has 0 saturated heterocycles. The van der Waals surface area contributed by atoms with E-state index in [2.05, 4.69) is 5.32 Å². The van der Waals surface area contributed by atoms with E-state index in [4.69, 9.17) is 5.11 Å². The maximum atomic E-state index is 13.7. The lowest BCUT2D eigenvalue weighted by atomic mass is 10.1. The Morgan fingerprint density at radius 3 is 2.48 bits per heavy atom. The Hall–Kier alpha value is -2.51. The summed E-state index contributed by atoms with van der Waals surface area (Å²) in [7, 11) is 0. The van der Waals surface area contributed by atoms with Gasteiger partial charge in [-0.2, -0.15) is 0 Å². The van der Waals surface area contributed by atoms with Gasteiger partial charge in [0, 0.05) is 6.07 Å². The molecule has 0 aliphatic heterocycles. The summed E-state index contributed by atoms with van der Waals surface area (Å²) in [5.74, 6) is -4.54. The van der Waals surface area contributed by atoms with E-state index in [-0.39, 0.29) is 0 Å². The summed E-state index contributed by atoms with van der Waals surface area (Å²) < 4.78 is 13.7. The topological polar surface area (TPSA) is 110 Å². The first kappa shape index (κ1) is 14.9. The highest BCUT2D eigenvalue weighted by Gasteiger charge is 2.66. The number of anilines is 1. The Morgan fingerprint density at radius 2 is 2.00 bits per heavy atom. The van der Waals surface area contributed by atoms with Gasteiger partial charge in [0.25, 0.3) is 5.69 Å². The van der Waals surface area contributed by atoms with Crippen molar-refractivity contribution in [3.8, 4) is 0 Å². The second-order valence-electron chi connectivity index (χ2n) is 5.50. The van der Waals surface area contributed by atoms with Crippen LogP contribution >= 0.6 is 0 Å². The fraction of sp³-hybridized carbons (Fsp3) is 0.385. The lowest BCUT2D eigenvalue weighted by Gasteiger charge is -2.07. The predicted molar refractivity (Wildman–Crippen MR) is 70.1 cm³/mol. The molecule has 1 aromatic carbocycles. The van der Waals surface area contributed by atoms with E-state index in [9.17, 15) is 24.1 Å². The first-order chi connectivity index (χ1) is 9.67. The van der Waals surface area contributed by atoms with E-state index in [1.165, 1.54) is 0 Å². The first-order valence-electron chi connectivity index (χ1n) is 6.14. The van der Waals surface area contributed by atoms with Crippen molar-refractivity contribution in [2.45, 2.75) is 13.8 Å². The second kappa shape index (κ2) is 4.80. The Bertz CT molecular complexity index is 643. The molecule has 8 heteroatoms. The van der Waals surface area contributed by atoms with Gasteiger partial charge >= 0.3 is 5.97 Å². The Balaban J connectivity index is 2.26. The van der Waals surface area contributed by atoms with E-state index in [0.717, 1.165) is 18.2 Å². The van der Waals surface area contributed by atoms with Gasteiger partial charge in [-0.05, 0) is 11.5 Å². The predicted octanol–water partition coefficient (Wildman–Crippen LogP) is 2.03. The number of para-hydroxylation sites is 1. The number of nitrogens with zero attached hydrogens (tertiary/aromatic N) is 1. The van der Waals surface area contributed by atoms with Gasteiger partial charge in [-0.25, -0.2) is 4.39 Å². The third kappa shape index (κ3) is 2.44. The number of hydrogen-bond acceptors (Lipinski definition) is 4. The highest BCUT2D eigenvalue weighted by atomic mass is 19.1. The quantitative estimate of drug-likeness (QED) is 0.652. The van der Waals surface area contributed by atoms with Crippen molar-refractivity contribution >= 4 is 23.3 Å². The van der Waals surface area contributed by atoms with Crippen LogP contribution in [0, 0.1) is 33.2 Å². The number of carbonyl (C=O) groups excluding carboxylic acids is 1. The molecule has 1 aliphatic rings. The van der Waals surface area contributed by atoms with E-state index < -0.39 is 51.2 Å². The normalized spacial score (nSPS) is 22.4. The maximum absolute atomic E-state index is 13.7. The highest BCUT2D eigenvalue weighted by molar-refractivity contribution is 6.01. The molecule has 2 N–H and O–H groups in total. The highest BCUT2D eigenvalue weighted by Crippen LogP contribution is 2.58. The molecule has 112 valence electrons. The van der Waals surface area contributed by atoms with E-state index in [1.807, 2.05) is 0 Å². The van der Waals surface area contributed by atoms with Crippen molar-refractivity contribution in [1.82, 2.24) is 0 Å². The van der Waals surface area contributed by atoms with Gasteiger partial charge in [-0.3, -0.25) is 19.7 Å². The van der Waals surface area contributed by atoms with Crippen LogP contribution in [0.2, 0.25) is 0 Å². The van der Waals surface area contributed by atoms with Crippen molar-refractivity contribution in [2.75, 3.05) is 5.32 Å². The van der Waals surface area contributed by atoms with Crippen LogP contribution in [0.5, 0.6) is 0 Å². The second-order valence-corrected chi connectivity index (χ2v) is 5.50. The average molecular weight is 296 g/mol. The summed E-state index contributed by atoms with van der Waals surface area (Å²) >= 11 is 0. The molecule has 2 unspecified atom stereocenters. The van der Waals surface area contributed by atoms with Gasteiger partial charge in [-0.15, -0.1) is 0 Å². The zero-order valence-electron chi connectivity index (χ0n) is 11.3. The van der Waals surface area contributed by atoms with Crippen molar-refractivity contribution < 1.29 is 24.0 Å². The summed E-state index contributed by atoms with van der Waals surface area (Å²) in [6.07, 6.45) is 0. The zero-order valence-corrected chi connectivity index (χ0v) is 11.3. The Kier molecular flexibility index (Phi) is 3.40. The van der Waals surface area contributed by atoms with Gasteiger partial charge in [0.1, 0.15) is 0 Å². The molecule has 0 spiro atoms. The van der Waals surface area contributed by atoms with Crippen LogP contribution in [0.15, 0.2) is 18.2 Å². The third-order valence-electron chi connectivity index (χ3n) is 3.81. The smallest absolute Gasteiger partial charge is 0.307 e. The molecule has 21 heavy (non-hydrogen) atoms. The van der Waals surface area contributed by atoms with Crippen LogP contribution in [-0.4, -0.2) is 21.9 Å². The molecule has 1 aliphatic carbocycles. The lowest BCUT2D eigenvalue weighted by Crippen LogP contribution is -2.19. The van der Waals surface area contributed by atoms with Crippen LogP contribution in [0.3, 0.4) is 0 Å². The third-order valence-corrected chi connectivity index (χ3v) is 3.81. The number of nitro benzene ring substituents is 1. The number of aliphatic carboxylic acids is 1. The molecule has 0 aromatic heterocycles. The molecule has 0 radical (unpaired) electrons. The molecule has 7 nitrogen and oxygen atoms in total. The van der Waals surface area contributed by atoms with Gasteiger partial charge < -0.3 is 10.4 Å². The molecule has 1 saturated carbocycles. The number of hydrogen-bond donors (Lipinski definition) is 2. The fourth-order valence-electron chi connectivity index (χ4n) is 2.58. The minimum Gasteiger partial charge on any atom is -0.481 e. The van der Waals surface area contributed by atoms with Crippen LogP contribution in [0.4, 0.5) is 15.8 Å². The minimum absolute atomic E-state index is 0.542. The maximum Gasteiger partial charge on any atom is 0.307 e. The van der Waals surface area contributed by atoms with Gasteiger partial charge in [0.2, 0.25) is 5.91 Å². The standard InChI is InChI=1S/C13H13FN2O5/c1-13(2)8(9(13)12(18)19)11(17)15-10-6(14)4-3-5-7(10)16(20)21/h3-5,8-9H,1-2H3,(H,15,17)(H,18,19). The number of nitro groups is 1. The van der Waals surface area contributed by atoms with Gasteiger partial charge in [0.15, 0.2) is 11.5 Å². The van der Waals surface area contributed by atoms with Crippen LogP contribution in [0.25, 0.3) is 0 Å². The summed E-state index contributed by atoms with van der Waals surface area (Å²) in [5, 5.41) is 22.0. The molecule has 1 aromatic rings. The van der Waals surface area contributed by atoms with Crippen molar-refractivity contribution in [3.63, 3.8) is 0 Å². The molecule has 2 atom stereocenters. The van der Waals surface area contributed by atoms with Crippen LogP contribution < -0.4 is 5.32 Å². The zero-order chi connectivity index (χ0) is 15.9. The summed E-state index contributed by atoms with van der Waals surface area (Å²) in [6.45, 7) is 3.21. The lowest BCUT2D eigenvalue weighted by molar-refractivity contribution is -0.384. The Labute approximate surface area is 118 Å². The first-order valence-corrected chi connectivity index (χ1v) is 6.14. The van der Waals surface area contributed by atoms with Crippen molar-refractivity contribution in [2.24, 2.45) is 17.3 Å². The monoisotopic (exact) mass is 296 g/mol. The summed E-state index contributed by atoms with van der Waals surface area (Å²) in [5.41, 5.74) is -1.89. The number of carboxylic acids is 1. The summed E-state index contributed by atoms with van der Waals surface area (Å²) in [4.78, 5) is 33.1. The number of nitrogens with one attached hydrogen (secondary N) is 1. The van der Waals surface area contributed by atoms with E-state index in [1.54, 1.807) is 13.8 Å². The van der Waals surface area contributed by atoms with E-state index in [0.29, 0.717) is 0 Å². The van der Waals surface area contributed by atoms with Crippen molar-refractivity contribution in [3.05, 3.63) is 34.1 Å². The molecule has 0 heterocycles. The molecular weight excluding hydrogens is 283 g/mol. The largest absolute Gasteiger partial charge is 0.481 e. The number of halogens is 1. The molecule has 2 rings (SSSR count). The SMILES string of the molecule is CC1(C)C(C(=O)O)C1C(=O)Nc1c(F)cccc1[N+](=O)[O-]. The van der Waals surface area contributed by atoms with E-state index >= 15 is 0 Å².